The highest BCUT2D eigenvalue weighted by molar-refractivity contribution is 6.02. The molecule has 1 aliphatic carbocycles. The minimum atomic E-state index is -0.147. The van der Waals surface area contributed by atoms with E-state index >= 15 is 0 Å². The molecule has 1 aliphatic rings. The summed E-state index contributed by atoms with van der Waals surface area (Å²) in [4.78, 5) is 20.5. The maximum absolute atomic E-state index is 5.46. The molecule has 2 aromatic heterocycles. The Morgan fingerprint density at radius 1 is 0.327 bits per heavy atom. The minimum Gasteiger partial charge on any atom is -0.248 e. The number of aromatic nitrogens is 4. The third-order valence-corrected chi connectivity index (χ3v) is 10.9. The highest BCUT2D eigenvalue weighted by Gasteiger charge is 2.36. The van der Waals surface area contributed by atoms with Gasteiger partial charge in [-0.3, -0.25) is 0 Å². The van der Waals surface area contributed by atoms with Crippen LogP contribution in [0, 0.1) is 0 Å². The maximum atomic E-state index is 5.46. The summed E-state index contributed by atoms with van der Waals surface area (Å²) in [6, 6.07) is 63.8. The average Bonchev–Trinajstić information content (AvgIpc) is 3.48. The molecular formula is C51H36N4. The van der Waals surface area contributed by atoms with Crippen LogP contribution in [0.4, 0.5) is 0 Å². The van der Waals surface area contributed by atoms with Crippen molar-refractivity contribution in [2.24, 2.45) is 0 Å². The SMILES string of the molecule is CC1(C)c2ccccc2-c2cc3c(-c4cccc(-c5nc(-c6ccccc6)nc(-c6ccccc6)n5)c4)cc(-c4ccccc4-c4ccccc4)nc3cc21. The van der Waals surface area contributed by atoms with Gasteiger partial charge in [0.15, 0.2) is 17.5 Å². The van der Waals surface area contributed by atoms with E-state index in [0.29, 0.717) is 17.5 Å². The second kappa shape index (κ2) is 13.1. The van der Waals surface area contributed by atoms with Crippen LogP contribution in [0.5, 0.6) is 0 Å². The van der Waals surface area contributed by atoms with Gasteiger partial charge in [0.05, 0.1) is 11.2 Å². The molecule has 10 rings (SSSR count). The van der Waals surface area contributed by atoms with Crippen LogP contribution < -0.4 is 0 Å². The van der Waals surface area contributed by atoms with Crippen molar-refractivity contribution < 1.29 is 0 Å². The summed E-state index contributed by atoms with van der Waals surface area (Å²) < 4.78 is 0. The van der Waals surface area contributed by atoms with Crippen molar-refractivity contribution in [3.05, 3.63) is 193 Å². The van der Waals surface area contributed by atoms with Crippen LogP contribution in [0.15, 0.2) is 182 Å². The number of benzene rings is 7. The van der Waals surface area contributed by atoms with Gasteiger partial charge in [-0.05, 0) is 68.8 Å². The van der Waals surface area contributed by atoms with Crippen LogP contribution in [0.25, 0.3) is 89.7 Å². The van der Waals surface area contributed by atoms with Crippen LogP contribution in [0.3, 0.4) is 0 Å². The van der Waals surface area contributed by atoms with E-state index in [9.17, 15) is 0 Å². The van der Waals surface area contributed by atoms with Crippen LogP contribution in [-0.4, -0.2) is 19.9 Å². The first-order valence-corrected chi connectivity index (χ1v) is 18.7. The van der Waals surface area contributed by atoms with Gasteiger partial charge >= 0.3 is 0 Å². The van der Waals surface area contributed by atoms with Crippen molar-refractivity contribution in [2.75, 3.05) is 0 Å². The molecule has 4 heteroatoms. The molecular weight excluding hydrogens is 669 g/mol. The predicted molar refractivity (Wildman–Crippen MR) is 225 cm³/mol. The molecule has 0 atom stereocenters. The fourth-order valence-corrected chi connectivity index (χ4v) is 8.14. The molecule has 0 spiro atoms. The van der Waals surface area contributed by atoms with E-state index in [2.05, 4.69) is 135 Å². The Hall–Kier alpha value is -7.04. The normalized spacial score (nSPS) is 12.7. The van der Waals surface area contributed by atoms with Crippen molar-refractivity contribution in [3.63, 3.8) is 0 Å². The molecule has 55 heavy (non-hydrogen) atoms. The first-order chi connectivity index (χ1) is 27.0. The molecule has 7 aromatic carbocycles. The first kappa shape index (κ1) is 32.6. The Morgan fingerprint density at radius 2 is 0.836 bits per heavy atom. The lowest BCUT2D eigenvalue weighted by molar-refractivity contribution is 0.661. The van der Waals surface area contributed by atoms with E-state index in [4.69, 9.17) is 19.9 Å². The smallest absolute Gasteiger partial charge is 0.164 e. The Bertz CT molecular complexity index is 2820. The van der Waals surface area contributed by atoms with Gasteiger partial charge in [0, 0.05) is 33.1 Å². The summed E-state index contributed by atoms with van der Waals surface area (Å²) in [7, 11) is 0. The fraction of sp³-hybridized carbons (Fsp3) is 0.0588. The number of nitrogens with zero attached hydrogens (tertiary/aromatic N) is 4. The predicted octanol–water partition coefficient (Wildman–Crippen LogP) is 12.7. The van der Waals surface area contributed by atoms with Crippen molar-refractivity contribution in [1.29, 1.82) is 0 Å². The molecule has 0 unspecified atom stereocenters. The van der Waals surface area contributed by atoms with Crippen molar-refractivity contribution in [1.82, 2.24) is 19.9 Å². The van der Waals surface area contributed by atoms with Gasteiger partial charge in [0.2, 0.25) is 0 Å². The standard InChI is InChI=1S/C51H36N4/c1-51(2)44-28-15-14-26-39(44)42-30-43-41(31-46(52-47(43)32-45(42)51)40-27-13-12-25-38(40)33-17-6-3-7-18-33)36-23-16-24-37(29-36)50-54-48(34-19-8-4-9-20-34)53-49(55-50)35-21-10-5-11-22-35/h3-32H,1-2H3. The quantitative estimate of drug-likeness (QED) is 0.173. The third-order valence-electron chi connectivity index (χ3n) is 10.9. The zero-order chi connectivity index (χ0) is 36.9. The first-order valence-electron chi connectivity index (χ1n) is 18.7. The molecule has 0 N–H and O–H groups in total. The molecule has 0 aliphatic heterocycles. The van der Waals surface area contributed by atoms with E-state index < -0.39 is 0 Å². The summed E-state index contributed by atoms with van der Waals surface area (Å²) in [5.74, 6) is 1.90. The molecule has 260 valence electrons. The molecule has 0 amide bonds. The Morgan fingerprint density at radius 3 is 1.49 bits per heavy atom. The average molecular weight is 705 g/mol. The topological polar surface area (TPSA) is 51.6 Å². The molecule has 0 fully saturated rings. The number of hydrogen-bond donors (Lipinski definition) is 0. The van der Waals surface area contributed by atoms with Gasteiger partial charge in [-0.25, -0.2) is 19.9 Å². The molecule has 9 aromatic rings. The third kappa shape index (κ3) is 5.71. The molecule has 0 saturated heterocycles. The summed E-state index contributed by atoms with van der Waals surface area (Å²) in [6.45, 7) is 4.65. The largest absolute Gasteiger partial charge is 0.248 e. The van der Waals surface area contributed by atoms with E-state index in [0.717, 1.165) is 61.1 Å². The van der Waals surface area contributed by atoms with E-state index in [1.54, 1.807) is 0 Å². The molecule has 0 saturated carbocycles. The van der Waals surface area contributed by atoms with Gasteiger partial charge in [-0.1, -0.05) is 172 Å². The van der Waals surface area contributed by atoms with E-state index in [1.807, 2.05) is 60.7 Å². The lowest BCUT2D eigenvalue weighted by atomic mass is 9.82. The Balaban J connectivity index is 1.20. The summed E-state index contributed by atoms with van der Waals surface area (Å²) in [5.41, 5.74) is 15.3. The van der Waals surface area contributed by atoms with Crippen LogP contribution in [0.2, 0.25) is 0 Å². The summed E-state index contributed by atoms with van der Waals surface area (Å²) in [6.07, 6.45) is 0. The second-order valence-electron chi connectivity index (χ2n) is 14.7. The minimum absolute atomic E-state index is 0.147. The van der Waals surface area contributed by atoms with Crippen LogP contribution >= 0.6 is 0 Å². The monoisotopic (exact) mass is 704 g/mol. The van der Waals surface area contributed by atoms with Crippen molar-refractivity contribution >= 4 is 10.9 Å². The Kier molecular flexibility index (Phi) is 7.77. The zero-order valence-corrected chi connectivity index (χ0v) is 30.6. The van der Waals surface area contributed by atoms with Gasteiger partial charge < -0.3 is 0 Å². The molecule has 0 bridgehead atoms. The van der Waals surface area contributed by atoms with E-state index in [-0.39, 0.29) is 5.41 Å². The van der Waals surface area contributed by atoms with Crippen LogP contribution in [-0.2, 0) is 5.41 Å². The number of hydrogen-bond acceptors (Lipinski definition) is 4. The summed E-state index contributed by atoms with van der Waals surface area (Å²) in [5, 5.41) is 1.11. The van der Waals surface area contributed by atoms with Crippen molar-refractivity contribution in [2.45, 2.75) is 19.3 Å². The number of fused-ring (bicyclic) bond motifs is 4. The summed E-state index contributed by atoms with van der Waals surface area (Å²) >= 11 is 0. The van der Waals surface area contributed by atoms with E-state index in [1.165, 1.54) is 22.3 Å². The Labute approximate surface area is 320 Å². The highest BCUT2D eigenvalue weighted by Crippen LogP contribution is 2.51. The van der Waals surface area contributed by atoms with Gasteiger partial charge in [-0.2, -0.15) is 0 Å². The molecule has 4 nitrogen and oxygen atoms in total. The second-order valence-corrected chi connectivity index (χ2v) is 14.7. The lowest BCUT2D eigenvalue weighted by Crippen LogP contribution is -2.14. The zero-order valence-electron chi connectivity index (χ0n) is 30.6. The molecule has 0 radical (unpaired) electrons. The number of rotatable bonds is 6. The van der Waals surface area contributed by atoms with Gasteiger partial charge in [0.1, 0.15) is 0 Å². The van der Waals surface area contributed by atoms with Crippen molar-refractivity contribution in [3.8, 4) is 78.8 Å². The maximum Gasteiger partial charge on any atom is 0.164 e. The van der Waals surface area contributed by atoms with Gasteiger partial charge in [-0.15, -0.1) is 0 Å². The number of pyridine rings is 1. The fourth-order valence-electron chi connectivity index (χ4n) is 8.14. The highest BCUT2D eigenvalue weighted by atomic mass is 15.0. The molecule has 2 heterocycles. The van der Waals surface area contributed by atoms with Gasteiger partial charge in [0.25, 0.3) is 0 Å². The lowest BCUT2D eigenvalue weighted by Gasteiger charge is -2.22. The van der Waals surface area contributed by atoms with Crippen LogP contribution in [0.1, 0.15) is 25.0 Å².